The van der Waals surface area contributed by atoms with Crippen LogP contribution in [0.25, 0.3) is 0 Å². The first-order chi connectivity index (χ1) is 27.9. The molecule has 4 nitrogen and oxygen atoms in total. The van der Waals surface area contributed by atoms with Crippen LogP contribution in [0.3, 0.4) is 0 Å². The van der Waals surface area contributed by atoms with Crippen LogP contribution in [0, 0.1) is 92.7 Å². The van der Waals surface area contributed by atoms with Gasteiger partial charge < -0.3 is 4.89 Å². The summed E-state index contributed by atoms with van der Waals surface area (Å²) in [6, 6.07) is 0. The predicted octanol–water partition coefficient (Wildman–Crippen LogP) is 15.9. The smallest absolute Gasteiger partial charge is 0.302 e. The van der Waals surface area contributed by atoms with Gasteiger partial charge in [-0.2, -0.15) is 0 Å². The molecule has 0 heterocycles. The molecule has 0 saturated heterocycles. The SMILES string of the molecule is CC(C)CCC[C@@H](C)[C@@H]1CC[C@@H]2[C@H]3CC=C4C[C@@H](OP(=O)(O)O[C@H]5CC[C@]6(C)C(=CC[C@@H]7[C@H]6CC[C@@]6(C)[C@@H]([C@@H](C)CCCC(C)C)CC[C@@H]76)C5)CC[C@]4(C)[C@@H]3CC[C@@]21C. The second-order valence-electron chi connectivity index (χ2n) is 25.0. The van der Waals surface area contributed by atoms with Crippen LogP contribution in [-0.4, -0.2) is 17.1 Å². The van der Waals surface area contributed by atoms with Crippen molar-refractivity contribution in [2.45, 2.75) is 223 Å². The summed E-state index contributed by atoms with van der Waals surface area (Å²) in [5, 5.41) is 0. The zero-order valence-corrected chi connectivity index (χ0v) is 40.8. The van der Waals surface area contributed by atoms with Crippen LogP contribution in [0.2, 0.25) is 0 Å². The fourth-order valence-corrected chi connectivity index (χ4v) is 19.0. The van der Waals surface area contributed by atoms with Gasteiger partial charge in [-0.3, -0.25) is 9.05 Å². The maximum absolute atomic E-state index is 13.8. The molecule has 0 aromatic carbocycles. The monoisotopic (exact) mass is 835 g/mol. The van der Waals surface area contributed by atoms with Gasteiger partial charge in [0.2, 0.25) is 0 Å². The Morgan fingerprint density at radius 3 is 1.37 bits per heavy atom. The molecule has 8 aliphatic rings. The first-order valence-corrected chi connectivity index (χ1v) is 27.5. The minimum atomic E-state index is -4.19. The summed E-state index contributed by atoms with van der Waals surface area (Å²) in [6.45, 7) is 25.1. The van der Waals surface area contributed by atoms with E-state index in [-0.39, 0.29) is 23.0 Å². The molecule has 5 heteroatoms. The van der Waals surface area contributed by atoms with E-state index in [1.54, 1.807) is 0 Å². The summed E-state index contributed by atoms with van der Waals surface area (Å²) >= 11 is 0. The molecule has 0 aromatic rings. The molecule has 0 spiro atoms. The van der Waals surface area contributed by atoms with Crippen LogP contribution in [0.15, 0.2) is 23.3 Å². The number of hydrogen-bond acceptors (Lipinski definition) is 3. The summed E-state index contributed by atoms with van der Waals surface area (Å²) in [7, 11) is -4.19. The topological polar surface area (TPSA) is 55.8 Å². The molecular weight excluding hydrogens is 744 g/mol. The lowest BCUT2D eigenvalue weighted by Gasteiger charge is -2.58. The third kappa shape index (κ3) is 8.40. The third-order valence-corrected chi connectivity index (χ3v) is 22.2. The first kappa shape index (κ1) is 45.2. The molecule has 6 saturated carbocycles. The van der Waals surface area contributed by atoms with Crippen molar-refractivity contribution in [1.82, 2.24) is 0 Å². The van der Waals surface area contributed by atoms with Crippen molar-refractivity contribution >= 4 is 7.82 Å². The summed E-state index contributed by atoms with van der Waals surface area (Å²) in [5.74, 6) is 9.84. The number of fused-ring (bicyclic) bond motifs is 10. The van der Waals surface area contributed by atoms with Crippen LogP contribution in [0.4, 0.5) is 0 Å². The largest absolute Gasteiger partial charge is 0.472 e. The molecule has 0 aromatic heterocycles. The molecule has 8 aliphatic carbocycles. The Balaban J connectivity index is 0.855. The van der Waals surface area contributed by atoms with Gasteiger partial charge in [-0.05, 0) is 195 Å². The van der Waals surface area contributed by atoms with Crippen LogP contribution in [-0.2, 0) is 13.6 Å². The molecule has 336 valence electrons. The average molecular weight is 835 g/mol. The van der Waals surface area contributed by atoms with Gasteiger partial charge in [-0.15, -0.1) is 0 Å². The van der Waals surface area contributed by atoms with E-state index in [4.69, 9.17) is 9.05 Å². The molecule has 0 radical (unpaired) electrons. The number of allylic oxidation sites excluding steroid dienone is 2. The molecule has 1 N–H and O–H groups in total. The fraction of sp³-hybridized carbons (Fsp3) is 0.926. The Bertz CT molecular complexity index is 1490. The molecule has 0 amide bonds. The van der Waals surface area contributed by atoms with Crippen LogP contribution >= 0.6 is 7.82 Å². The zero-order valence-electron chi connectivity index (χ0n) is 39.9. The van der Waals surface area contributed by atoms with Gasteiger partial charge in [-0.25, -0.2) is 4.57 Å². The van der Waals surface area contributed by atoms with Crippen molar-refractivity contribution in [3.8, 4) is 0 Å². The summed E-state index contributed by atoms with van der Waals surface area (Å²) < 4.78 is 26.2. The Labute approximate surface area is 363 Å². The van der Waals surface area contributed by atoms with Gasteiger partial charge in [0.1, 0.15) is 0 Å². The highest BCUT2D eigenvalue weighted by Crippen LogP contribution is 2.70. The molecule has 6 fully saturated rings. The molecule has 0 bridgehead atoms. The van der Waals surface area contributed by atoms with Crippen molar-refractivity contribution in [3.63, 3.8) is 0 Å². The van der Waals surface area contributed by atoms with Gasteiger partial charge in [0.15, 0.2) is 0 Å². The van der Waals surface area contributed by atoms with E-state index < -0.39 is 7.82 Å². The number of rotatable bonds is 14. The van der Waals surface area contributed by atoms with Crippen LogP contribution < -0.4 is 0 Å². The molecule has 59 heavy (non-hydrogen) atoms. The first-order valence-electron chi connectivity index (χ1n) is 26.0. The summed E-state index contributed by atoms with van der Waals surface area (Å²) in [4.78, 5) is 11.3. The second-order valence-corrected chi connectivity index (χ2v) is 26.3. The van der Waals surface area contributed by atoms with Crippen molar-refractivity contribution in [3.05, 3.63) is 23.3 Å². The van der Waals surface area contributed by atoms with E-state index in [2.05, 4.69) is 81.4 Å². The lowest BCUT2D eigenvalue weighted by Crippen LogP contribution is -2.51. The number of phosphoric ester groups is 1. The molecular formula is C54H91O4P. The highest BCUT2D eigenvalue weighted by atomic mass is 31.2. The molecule has 1 unspecified atom stereocenters. The van der Waals surface area contributed by atoms with Gasteiger partial charge in [-0.1, -0.05) is 131 Å². The van der Waals surface area contributed by atoms with Crippen molar-refractivity contribution < 1.29 is 18.5 Å². The van der Waals surface area contributed by atoms with Gasteiger partial charge >= 0.3 is 7.82 Å². The lowest BCUT2D eigenvalue weighted by atomic mass is 9.47. The Morgan fingerprint density at radius 2 is 0.983 bits per heavy atom. The predicted molar refractivity (Wildman–Crippen MR) is 246 cm³/mol. The minimum absolute atomic E-state index is 0.201. The molecule has 17 atom stereocenters. The van der Waals surface area contributed by atoms with E-state index in [1.807, 2.05) is 0 Å². The Hall–Kier alpha value is -0.410. The van der Waals surface area contributed by atoms with Crippen molar-refractivity contribution in [2.24, 2.45) is 92.7 Å². The highest BCUT2D eigenvalue weighted by molar-refractivity contribution is 7.47. The quantitative estimate of drug-likeness (QED) is 0.140. The number of phosphoric acid groups is 1. The second kappa shape index (κ2) is 17.2. The van der Waals surface area contributed by atoms with Gasteiger partial charge in [0, 0.05) is 0 Å². The third-order valence-electron chi connectivity index (χ3n) is 21.1. The van der Waals surface area contributed by atoms with Crippen LogP contribution in [0.5, 0.6) is 0 Å². The minimum Gasteiger partial charge on any atom is -0.302 e. The average Bonchev–Trinajstić information content (AvgIpc) is 3.71. The molecule has 8 rings (SSSR count). The van der Waals surface area contributed by atoms with Crippen molar-refractivity contribution in [2.75, 3.05) is 0 Å². The zero-order chi connectivity index (χ0) is 42.1. The molecule has 0 aliphatic heterocycles. The van der Waals surface area contributed by atoms with E-state index in [1.165, 1.54) is 114 Å². The standard InChI is InChI=1S/C54H91O4P/c1-35(2)13-11-15-37(5)45-21-23-47-43-19-17-39-33-41(25-29-51(39,7)49(43)27-31-53(45,47)9)57-59(55,56)58-42-26-30-52(8)40(34-42)18-20-44-48-24-22-46(38(6)16-12-14-36(3)4)54(48,10)32-28-50(44)52/h17-18,35-38,41-50H,11-16,19-34H2,1-10H3,(H,55,56)/t37-,38+,41-,42-,43-,44+,45+,46-,47-,48+,49+,50+,51+,52-,53-,54+/m0/s1. The van der Waals surface area contributed by atoms with Gasteiger partial charge in [0.05, 0.1) is 12.2 Å². The summed E-state index contributed by atoms with van der Waals surface area (Å²) in [5.41, 5.74) is 4.43. The van der Waals surface area contributed by atoms with E-state index in [0.717, 1.165) is 110 Å². The maximum atomic E-state index is 13.8. The van der Waals surface area contributed by atoms with E-state index >= 15 is 0 Å². The summed E-state index contributed by atoms with van der Waals surface area (Å²) in [6.07, 6.45) is 32.0. The highest BCUT2D eigenvalue weighted by Gasteiger charge is 2.61. The van der Waals surface area contributed by atoms with E-state index in [0.29, 0.717) is 10.8 Å². The normalized spacial score (nSPS) is 46.2. The Morgan fingerprint density at radius 1 is 0.576 bits per heavy atom. The van der Waals surface area contributed by atoms with Crippen molar-refractivity contribution in [1.29, 1.82) is 0 Å². The number of hydrogen-bond donors (Lipinski definition) is 1. The Kier molecular flexibility index (Phi) is 13.2. The maximum Gasteiger partial charge on any atom is 0.472 e. The van der Waals surface area contributed by atoms with Gasteiger partial charge in [0.25, 0.3) is 0 Å². The lowest BCUT2D eigenvalue weighted by molar-refractivity contribution is -0.0615. The van der Waals surface area contributed by atoms with Crippen LogP contribution in [0.1, 0.15) is 210 Å². The van der Waals surface area contributed by atoms with E-state index in [9.17, 15) is 9.46 Å². The fourth-order valence-electron chi connectivity index (χ4n) is 17.9.